The van der Waals surface area contributed by atoms with Gasteiger partial charge in [-0.15, -0.1) is 0 Å². The Morgan fingerprint density at radius 2 is 0.743 bits per heavy atom. The molecule has 0 spiro atoms. The van der Waals surface area contributed by atoms with Gasteiger partial charge in [0.25, 0.3) is 0 Å². The van der Waals surface area contributed by atoms with Crippen molar-refractivity contribution in [3.8, 4) is 72.4 Å². The fourth-order valence-electron chi connectivity index (χ4n) is 12.2. The number of rotatable bonds is 6. The summed E-state index contributed by atoms with van der Waals surface area (Å²) in [7, 11) is 0. The van der Waals surface area contributed by atoms with Crippen LogP contribution in [0, 0.1) is 0 Å². The topological polar surface area (TPSA) is 4.93 Å². The third-order valence-electron chi connectivity index (χ3n) is 15.4. The van der Waals surface area contributed by atoms with E-state index < -0.39 is 0 Å². The molecule has 0 bridgehead atoms. The van der Waals surface area contributed by atoms with E-state index in [1.165, 1.54) is 138 Å². The first-order chi connectivity index (χ1) is 34.5. The van der Waals surface area contributed by atoms with E-state index in [0.29, 0.717) is 0 Å². The van der Waals surface area contributed by atoms with Gasteiger partial charge >= 0.3 is 0 Å². The first-order valence-corrected chi connectivity index (χ1v) is 24.5. The smallest absolute Gasteiger partial charge is 0.0547 e. The Bertz CT molecular complexity index is 4170. The maximum atomic E-state index is 2.46. The number of aromatic nitrogens is 1. The van der Waals surface area contributed by atoms with Crippen LogP contribution in [-0.2, 0) is 5.41 Å². The molecule has 1 aromatic heterocycles. The lowest BCUT2D eigenvalue weighted by Crippen LogP contribution is -2.14. The minimum atomic E-state index is -0.0924. The van der Waals surface area contributed by atoms with Crippen molar-refractivity contribution >= 4 is 54.1 Å². The van der Waals surface area contributed by atoms with E-state index in [1.54, 1.807) is 0 Å². The van der Waals surface area contributed by atoms with Crippen molar-refractivity contribution < 1.29 is 0 Å². The zero-order chi connectivity index (χ0) is 46.5. The summed E-state index contributed by atoms with van der Waals surface area (Å²) in [6.07, 6.45) is 0. The predicted octanol–water partition coefficient (Wildman–Crippen LogP) is 18.9. The number of benzene rings is 12. The molecule has 0 atom stereocenters. The Morgan fingerprint density at radius 3 is 1.40 bits per heavy atom. The van der Waals surface area contributed by atoms with Gasteiger partial charge in [0.05, 0.1) is 11.0 Å². The van der Waals surface area contributed by atoms with Gasteiger partial charge in [-0.2, -0.15) is 0 Å². The van der Waals surface area contributed by atoms with Crippen molar-refractivity contribution in [3.63, 3.8) is 0 Å². The van der Waals surface area contributed by atoms with Crippen LogP contribution in [0.5, 0.6) is 0 Å². The van der Waals surface area contributed by atoms with Gasteiger partial charge in [-0.3, -0.25) is 0 Å². The van der Waals surface area contributed by atoms with Gasteiger partial charge < -0.3 is 4.57 Å². The second-order valence-electron chi connectivity index (χ2n) is 19.5. The number of hydrogen-bond donors (Lipinski definition) is 0. The highest BCUT2D eigenvalue weighted by atomic mass is 15.0. The van der Waals surface area contributed by atoms with E-state index in [2.05, 4.69) is 267 Å². The zero-order valence-corrected chi connectivity index (χ0v) is 39.1. The largest absolute Gasteiger partial charge is 0.309 e. The molecule has 1 aliphatic carbocycles. The Labute approximate surface area is 408 Å². The molecule has 1 nitrogen and oxygen atoms in total. The minimum Gasteiger partial charge on any atom is -0.309 e. The first kappa shape index (κ1) is 40.3. The standard InChI is InChI=1S/C69H47N/c1-69(2)61-32-18-17-31-59(61)67-62(69)40-42-64-68(67)60-43-47(37-41-63(60)70(64)48-21-7-4-8-22-48)51-39-38-50(52-24-10-11-25-53(51)52)45-33-35-46(36-34-45)65-55-27-13-15-29-57(55)66(58-30-16-14-28-56(58)65)54-26-12-9-23-49(54)44-19-5-3-6-20-44/h3-43H,1-2H3. The third-order valence-corrected chi connectivity index (χ3v) is 15.4. The fraction of sp³-hybridized carbons (Fsp3) is 0.0435. The molecule has 0 aliphatic heterocycles. The van der Waals surface area contributed by atoms with Crippen molar-refractivity contribution in [1.29, 1.82) is 0 Å². The summed E-state index contributed by atoms with van der Waals surface area (Å²) in [6, 6.07) is 92.2. The molecule has 14 rings (SSSR count). The predicted molar refractivity (Wildman–Crippen MR) is 298 cm³/mol. The van der Waals surface area contributed by atoms with Gasteiger partial charge in [0.2, 0.25) is 0 Å². The summed E-state index contributed by atoms with van der Waals surface area (Å²) in [5.41, 5.74) is 21.4. The van der Waals surface area contributed by atoms with Crippen molar-refractivity contribution in [2.45, 2.75) is 19.3 Å². The maximum Gasteiger partial charge on any atom is 0.0547 e. The molecule has 0 N–H and O–H groups in total. The van der Waals surface area contributed by atoms with Crippen LogP contribution in [0.3, 0.4) is 0 Å². The fourth-order valence-corrected chi connectivity index (χ4v) is 12.2. The Morgan fingerprint density at radius 1 is 0.271 bits per heavy atom. The van der Waals surface area contributed by atoms with Crippen LogP contribution in [0.1, 0.15) is 25.0 Å². The zero-order valence-electron chi connectivity index (χ0n) is 39.1. The maximum absolute atomic E-state index is 2.46. The van der Waals surface area contributed by atoms with Gasteiger partial charge in [0, 0.05) is 21.9 Å². The average Bonchev–Trinajstić information content (AvgIpc) is 3.88. The Balaban J connectivity index is 0.908. The highest BCUT2D eigenvalue weighted by molar-refractivity contribution is 6.23. The van der Waals surface area contributed by atoms with E-state index >= 15 is 0 Å². The Kier molecular flexibility index (Phi) is 9.00. The van der Waals surface area contributed by atoms with E-state index in [-0.39, 0.29) is 5.41 Å². The molecule has 0 fully saturated rings. The summed E-state index contributed by atoms with van der Waals surface area (Å²) >= 11 is 0. The molecule has 1 heteroatoms. The van der Waals surface area contributed by atoms with Gasteiger partial charge in [0.15, 0.2) is 0 Å². The minimum absolute atomic E-state index is 0.0924. The number of hydrogen-bond acceptors (Lipinski definition) is 0. The molecule has 328 valence electrons. The molecule has 1 heterocycles. The lowest BCUT2D eigenvalue weighted by atomic mass is 9.82. The van der Waals surface area contributed by atoms with Crippen molar-refractivity contribution in [1.82, 2.24) is 4.57 Å². The summed E-state index contributed by atoms with van der Waals surface area (Å²) in [5.74, 6) is 0. The van der Waals surface area contributed by atoms with Crippen LogP contribution in [0.4, 0.5) is 0 Å². The summed E-state index contributed by atoms with van der Waals surface area (Å²) in [4.78, 5) is 0. The van der Waals surface area contributed by atoms with Crippen molar-refractivity contribution in [2.75, 3.05) is 0 Å². The van der Waals surface area contributed by atoms with E-state index in [9.17, 15) is 0 Å². The normalized spacial score (nSPS) is 12.8. The quantitative estimate of drug-likeness (QED) is 0.147. The van der Waals surface area contributed by atoms with Gasteiger partial charge in [-0.25, -0.2) is 0 Å². The van der Waals surface area contributed by atoms with Crippen molar-refractivity contribution in [3.05, 3.63) is 260 Å². The monoisotopic (exact) mass is 889 g/mol. The second kappa shape index (κ2) is 15.6. The van der Waals surface area contributed by atoms with Crippen LogP contribution in [0.25, 0.3) is 127 Å². The van der Waals surface area contributed by atoms with Gasteiger partial charge in [0.1, 0.15) is 0 Å². The molecule has 0 unspecified atom stereocenters. The van der Waals surface area contributed by atoms with Crippen LogP contribution in [0.15, 0.2) is 249 Å². The molecular weight excluding hydrogens is 843 g/mol. The first-order valence-electron chi connectivity index (χ1n) is 24.5. The second-order valence-corrected chi connectivity index (χ2v) is 19.5. The highest BCUT2D eigenvalue weighted by Gasteiger charge is 2.37. The number of nitrogens with zero attached hydrogens (tertiary/aromatic N) is 1. The molecule has 0 saturated heterocycles. The van der Waals surface area contributed by atoms with E-state index in [0.717, 1.165) is 0 Å². The lowest BCUT2D eigenvalue weighted by Gasteiger charge is -2.21. The van der Waals surface area contributed by atoms with Crippen molar-refractivity contribution in [2.24, 2.45) is 0 Å². The van der Waals surface area contributed by atoms with Gasteiger partial charge in [-0.05, 0) is 141 Å². The molecule has 0 amide bonds. The summed E-state index contributed by atoms with van der Waals surface area (Å²) in [5, 5.41) is 10.1. The van der Waals surface area contributed by atoms with Crippen LogP contribution in [-0.4, -0.2) is 4.57 Å². The van der Waals surface area contributed by atoms with Crippen LogP contribution >= 0.6 is 0 Å². The third kappa shape index (κ3) is 5.98. The molecule has 0 saturated carbocycles. The molecule has 0 radical (unpaired) electrons. The van der Waals surface area contributed by atoms with Crippen LogP contribution < -0.4 is 0 Å². The average molecular weight is 890 g/mol. The van der Waals surface area contributed by atoms with Crippen LogP contribution in [0.2, 0.25) is 0 Å². The molecular formula is C69H47N. The molecule has 1 aliphatic rings. The molecule has 13 aromatic rings. The summed E-state index contributed by atoms with van der Waals surface area (Å²) in [6.45, 7) is 4.75. The SMILES string of the molecule is CC1(C)c2ccccc2-c2c1ccc1c2c2cc(-c3ccc(-c4ccc(-c5c6ccccc6c(-c6ccccc6-c6ccccc6)c6ccccc56)cc4)c4ccccc34)ccc2n1-c1ccccc1. The molecule has 70 heavy (non-hydrogen) atoms. The lowest BCUT2D eigenvalue weighted by molar-refractivity contribution is 0.661. The Hall–Kier alpha value is -8.78. The van der Waals surface area contributed by atoms with E-state index in [1.807, 2.05) is 0 Å². The number of fused-ring (bicyclic) bond motifs is 10. The summed E-state index contributed by atoms with van der Waals surface area (Å²) < 4.78 is 2.46. The molecule has 12 aromatic carbocycles. The highest BCUT2D eigenvalue weighted by Crippen LogP contribution is 2.54. The number of para-hydroxylation sites is 1. The van der Waals surface area contributed by atoms with E-state index in [4.69, 9.17) is 0 Å². The van der Waals surface area contributed by atoms with Gasteiger partial charge in [-0.1, -0.05) is 232 Å².